The lowest BCUT2D eigenvalue weighted by Crippen LogP contribution is -2.38. The quantitative estimate of drug-likeness (QED) is 0.235. The van der Waals surface area contributed by atoms with Crippen LogP contribution in [-0.2, 0) is 10.1 Å². The fraction of sp³-hybridized carbons (Fsp3) is 0.857. The maximum atomic E-state index is 13.3. The van der Waals surface area contributed by atoms with Crippen molar-refractivity contribution in [3.8, 4) is 0 Å². The summed E-state index contributed by atoms with van der Waals surface area (Å²) in [7, 11) is -4.79. The van der Waals surface area contributed by atoms with Crippen molar-refractivity contribution in [1.82, 2.24) is 0 Å². The number of unbranched alkanes of at least 4 members (excludes halogenated alkanes) is 3. The molecule has 0 aliphatic carbocycles. The van der Waals surface area contributed by atoms with Crippen molar-refractivity contribution < 1.29 is 34.9 Å². The van der Waals surface area contributed by atoms with Gasteiger partial charge in [-0.15, -0.1) is 6.58 Å². The molecule has 0 amide bonds. The highest BCUT2D eigenvalue weighted by Crippen LogP contribution is 2.22. The first-order valence-corrected chi connectivity index (χ1v) is 9.10. The van der Waals surface area contributed by atoms with Gasteiger partial charge in [-0.3, -0.25) is 8.94 Å². The summed E-state index contributed by atoms with van der Waals surface area (Å²) in [6.45, 7) is 3.43. The summed E-state index contributed by atoms with van der Waals surface area (Å²) in [6.07, 6.45) is -8.12. The molecule has 4 unspecified atom stereocenters. The van der Waals surface area contributed by atoms with Gasteiger partial charge in [-0.25, -0.2) is 17.6 Å². The minimum absolute atomic E-state index is 0.198. The average Bonchev–Trinajstić information content (AvgIpc) is 2.51. The van der Waals surface area contributed by atoms with Crippen LogP contribution < -0.4 is 5.73 Å². The highest BCUT2D eigenvalue weighted by Gasteiger charge is 2.37. The number of alkyl halides is 5. The van der Waals surface area contributed by atoms with Crippen LogP contribution in [0.4, 0.5) is 22.0 Å². The van der Waals surface area contributed by atoms with Gasteiger partial charge in [0.05, 0.1) is 6.67 Å². The van der Waals surface area contributed by atoms with Crippen LogP contribution >= 0.6 is 0 Å². The molecule has 0 aromatic carbocycles. The normalized spacial score (nSPS) is 16.5. The van der Waals surface area contributed by atoms with E-state index < -0.39 is 47.2 Å². The second-order valence-electron chi connectivity index (χ2n) is 5.09. The standard InChI is InChI=1S/C11H19F5O3S.C3H7N/c12-6-4-2-1-3-5-8(13)10(15)11(16)9(14)7-20(17,18)19;1-2-3-4/h8-11H,1-7H2,(H,17,18,19);2H,1,3-4H2. The lowest BCUT2D eigenvalue weighted by molar-refractivity contribution is 0.0354. The zero-order chi connectivity index (χ0) is 19.2. The average molecular weight is 383 g/mol. The molecule has 3 N–H and O–H groups in total. The van der Waals surface area contributed by atoms with Crippen LogP contribution in [0.1, 0.15) is 32.1 Å². The molecule has 4 atom stereocenters. The van der Waals surface area contributed by atoms with Crippen molar-refractivity contribution in [2.24, 2.45) is 5.73 Å². The SMILES string of the molecule is C=CCN.O=S(=O)(O)CC(F)C(F)C(F)C(F)CCCCCCF. The Morgan fingerprint density at radius 2 is 1.46 bits per heavy atom. The molecule has 0 saturated carbocycles. The Kier molecular flexibility index (Phi) is 15.5. The van der Waals surface area contributed by atoms with Crippen LogP contribution in [0.25, 0.3) is 0 Å². The second-order valence-corrected chi connectivity index (χ2v) is 6.58. The summed E-state index contributed by atoms with van der Waals surface area (Å²) >= 11 is 0. The fourth-order valence-electron chi connectivity index (χ4n) is 1.64. The van der Waals surface area contributed by atoms with E-state index >= 15 is 0 Å². The molecule has 146 valence electrons. The molecule has 0 aliphatic heterocycles. The van der Waals surface area contributed by atoms with Crippen LogP contribution in [0, 0.1) is 0 Å². The molecule has 0 radical (unpaired) electrons. The predicted molar refractivity (Wildman–Crippen MR) is 84.3 cm³/mol. The highest BCUT2D eigenvalue weighted by atomic mass is 32.2. The lowest BCUT2D eigenvalue weighted by atomic mass is 10.0. The van der Waals surface area contributed by atoms with Crippen LogP contribution in [0.15, 0.2) is 12.7 Å². The molecule has 0 rings (SSSR count). The Labute approximate surface area is 140 Å². The van der Waals surface area contributed by atoms with E-state index in [0.717, 1.165) is 0 Å². The van der Waals surface area contributed by atoms with Gasteiger partial charge in [-0.05, 0) is 12.8 Å². The van der Waals surface area contributed by atoms with E-state index in [9.17, 15) is 30.4 Å². The zero-order valence-electron chi connectivity index (χ0n) is 13.4. The maximum absolute atomic E-state index is 13.3. The number of nitrogens with two attached hydrogens (primary N) is 1. The van der Waals surface area contributed by atoms with Crippen LogP contribution in [0.3, 0.4) is 0 Å². The van der Waals surface area contributed by atoms with E-state index in [4.69, 9.17) is 10.3 Å². The molecule has 4 nitrogen and oxygen atoms in total. The van der Waals surface area contributed by atoms with Gasteiger partial charge < -0.3 is 5.73 Å². The van der Waals surface area contributed by atoms with Gasteiger partial charge in [0.25, 0.3) is 10.1 Å². The molecule has 0 bridgehead atoms. The molecule has 0 aliphatic rings. The van der Waals surface area contributed by atoms with Crippen molar-refractivity contribution in [2.75, 3.05) is 19.0 Å². The van der Waals surface area contributed by atoms with Crippen molar-refractivity contribution in [2.45, 2.75) is 56.8 Å². The van der Waals surface area contributed by atoms with Gasteiger partial charge in [0.2, 0.25) is 0 Å². The second kappa shape index (κ2) is 14.6. The van der Waals surface area contributed by atoms with Crippen molar-refractivity contribution >= 4 is 10.1 Å². The minimum Gasteiger partial charge on any atom is -0.327 e. The van der Waals surface area contributed by atoms with Gasteiger partial charge in [-0.2, -0.15) is 8.42 Å². The van der Waals surface area contributed by atoms with Crippen molar-refractivity contribution in [3.63, 3.8) is 0 Å². The molecule has 0 fully saturated rings. The van der Waals surface area contributed by atoms with Crippen LogP contribution in [0.5, 0.6) is 0 Å². The number of hydrogen-bond acceptors (Lipinski definition) is 3. The third-order valence-corrected chi connectivity index (χ3v) is 3.63. The first kappa shape index (κ1) is 25.5. The summed E-state index contributed by atoms with van der Waals surface area (Å²) in [4.78, 5) is 0. The van der Waals surface area contributed by atoms with E-state index in [2.05, 4.69) is 6.58 Å². The summed E-state index contributed by atoms with van der Waals surface area (Å²) in [5.41, 5.74) is 4.91. The van der Waals surface area contributed by atoms with Gasteiger partial charge in [-0.1, -0.05) is 25.3 Å². The smallest absolute Gasteiger partial charge is 0.267 e. The monoisotopic (exact) mass is 383 g/mol. The third-order valence-electron chi connectivity index (χ3n) is 2.90. The first-order valence-electron chi connectivity index (χ1n) is 7.49. The largest absolute Gasteiger partial charge is 0.327 e. The first-order chi connectivity index (χ1) is 11.1. The molecular weight excluding hydrogens is 357 g/mol. The topological polar surface area (TPSA) is 80.4 Å². The Morgan fingerprint density at radius 3 is 1.88 bits per heavy atom. The van der Waals surface area contributed by atoms with E-state index in [-0.39, 0.29) is 12.8 Å². The molecule has 0 aromatic heterocycles. The molecule has 0 saturated heterocycles. The molecule has 0 spiro atoms. The summed E-state index contributed by atoms with van der Waals surface area (Å²) < 4.78 is 93.4. The van der Waals surface area contributed by atoms with Gasteiger partial charge in [0.15, 0.2) is 18.5 Å². The maximum Gasteiger partial charge on any atom is 0.267 e. The molecule has 0 aromatic rings. The van der Waals surface area contributed by atoms with Gasteiger partial charge in [0, 0.05) is 6.54 Å². The summed E-state index contributed by atoms with van der Waals surface area (Å²) in [6, 6.07) is 0. The van der Waals surface area contributed by atoms with Crippen molar-refractivity contribution in [3.05, 3.63) is 12.7 Å². The Hall–Kier alpha value is -0.740. The Bertz CT molecular complexity index is 411. The molecule has 0 heterocycles. The Morgan fingerprint density at radius 1 is 1.00 bits per heavy atom. The summed E-state index contributed by atoms with van der Waals surface area (Å²) in [5.74, 6) is -1.61. The van der Waals surface area contributed by atoms with E-state index in [1.807, 2.05) is 0 Å². The van der Waals surface area contributed by atoms with Gasteiger partial charge >= 0.3 is 0 Å². The van der Waals surface area contributed by atoms with E-state index in [1.165, 1.54) is 0 Å². The van der Waals surface area contributed by atoms with Crippen LogP contribution in [-0.4, -0.2) is 56.6 Å². The molecular formula is C14H26F5NO3S. The van der Waals surface area contributed by atoms with E-state index in [1.54, 1.807) is 6.08 Å². The van der Waals surface area contributed by atoms with Gasteiger partial charge in [0.1, 0.15) is 11.9 Å². The molecule has 24 heavy (non-hydrogen) atoms. The lowest BCUT2D eigenvalue weighted by Gasteiger charge is -2.19. The zero-order valence-corrected chi connectivity index (χ0v) is 14.2. The number of hydrogen-bond donors (Lipinski definition) is 2. The fourth-order valence-corrected chi connectivity index (χ4v) is 2.22. The molecule has 10 heteroatoms. The highest BCUT2D eigenvalue weighted by molar-refractivity contribution is 7.85. The number of halogens is 5. The Balaban J connectivity index is 0. The number of rotatable bonds is 12. The van der Waals surface area contributed by atoms with Crippen molar-refractivity contribution in [1.29, 1.82) is 0 Å². The summed E-state index contributed by atoms with van der Waals surface area (Å²) in [5, 5.41) is 0. The predicted octanol–water partition coefficient (Wildman–Crippen LogP) is 3.28. The van der Waals surface area contributed by atoms with Crippen LogP contribution in [0.2, 0.25) is 0 Å². The minimum atomic E-state index is -4.79. The van der Waals surface area contributed by atoms with E-state index in [0.29, 0.717) is 25.8 Å². The third kappa shape index (κ3) is 14.8.